The summed E-state index contributed by atoms with van der Waals surface area (Å²) in [5.74, 6) is 0.824. The van der Waals surface area contributed by atoms with Gasteiger partial charge in [0.1, 0.15) is 12.1 Å². The number of carbonyl (C=O) groups is 2. The van der Waals surface area contributed by atoms with E-state index in [4.69, 9.17) is 9.90 Å². The lowest BCUT2D eigenvalue weighted by Gasteiger charge is -2.22. The molecule has 147 valence electrons. The molecule has 0 amide bonds. The normalized spacial score (nSPS) is 10.8. The molecule has 1 radical (unpaired) electrons. The Balaban J connectivity index is -0.000000287. The van der Waals surface area contributed by atoms with Crippen molar-refractivity contribution in [3.05, 3.63) is 22.5 Å². The standard InChI is InChI=1S/C9H20O.C6H9NS.C3H6O.C2H3O/c1-8(5-6-10)7-9(2,3)4;1-4-5(2)8-6(3)7-4;1-3(2)4;1-2-3/h8,10H,5-7H2,1-4H3;1-3H3;1-2H3;2H,1H2. The van der Waals surface area contributed by atoms with Crippen LogP contribution in [0.1, 0.15) is 70.0 Å². The highest BCUT2D eigenvalue weighted by Gasteiger charge is 2.14. The molecule has 25 heavy (non-hydrogen) atoms. The fourth-order valence-electron chi connectivity index (χ4n) is 2.00. The van der Waals surface area contributed by atoms with Gasteiger partial charge >= 0.3 is 0 Å². The summed E-state index contributed by atoms with van der Waals surface area (Å²) in [5, 5.41) is 9.80. The molecular formula is C20H38NO3S. The van der Waals surface area contributed by atoms with Gasteiger partial charge in [-0.25, -0.2) is 4.98 Å². The third-order valence-corrected chi connectivity index (χ3v) is 3.71. The van der Waals surface area contributed by atoms with Gasteiger partial charge in [-0.3, -0.25) is 0 Å². The second-order valence-electron chi connectivity index (χ2n) is 7.33. The Morgan fingerprint density at radius 3 is 1.84 bits per heavy atom. The van der Waals surface area contributed by atoms with Crippen molar-refractivity contribution in [2.24, 2.45) is 11.3 Å². The second kappa shape index (κ2) is 16.4. The van der Waals surface area contributed by atoms with Crippen LogP contribution < -0.4 is 0 Å². The number of rotatable bonds is 3. The van der Waals surface area contributed by atoms with E-state index in [9.17, 15) is 4.79 Å². The van der Waals surface area contributed by atoms with E-state index < -0.39 is 0 Å². The molecule has 1 aromatic rings. The molecule has 0 bridgehead atoms. The van der Waals surface area contributed by atoms with E-state index in [1.807, 2.05) is 13.8 Å². The van der Waals surface area contributed by atoms with Gasteiger partial charge in [-0.15, -0.1) is 11.3 Å². The van der Waals surface area contributed by atoms with Crippen molar-refractivity contribution in [2.75, 3.05) is 6.61 Å². The summed E-state index contributed by atoms with van der Waals surface area (Å²) < 4.78 is 0. The maximum atomic E-state index is 9.44. The zero-order valence-corrected chi connectivity index (χ0v) is 18.4. The van der Waals surface area contributed by atoms with Gasteiger partial charge in [0.15, 0.2) is 0 Å². The number of Topliss-reactive ketones (excluding diaryl/α,β-unsaturated/α-hetero) is 1. The fraction of sp³-hybridized carbons (Fsp3) is 0.700. The zero-order valence-electron chi connectivity index (χ0n) is 17.6. The number of hydrogen-bond donors (Lipinski definition) is 1. The first-order chi connectivity index (χ1) is 11.3. The SMILES string of the molecule is CC(C)=O.CC(CCO)CC(C)(C)C.Cc1nc(C)c(C)s1.[CH2]C=O. The minimum absolute atomic E-state index is 0.167. The van der Waals surface area contributed by atoms with E-state index in [2.05, 4.69) is 46.5 Å². The molecule has 0 saturated carbocycles. The molecule has 0 aromatic carbocycles. The van der Waals surface area contributed by atoms with Gasteiger partial charge in [-0.2, -0.15) is 0 Å². The molecule has 0 aliphatic carbocycles. The van der Waals surface area contributed by atoms with Crippen LogP contribution in [0.15, 0.2) is 0 Å². The van der Waals surface area contributed by atoms with Crippen LogP contribution in [0.3, 0.4) is 0 Å². The summed E-state index contributed by atoms with van der Waals surface area (Å²) in [6.45, 7) is 21.3. The first kappa shape index (κ1) is 28.7. The number of thiazole rings is 1. The fourth-order valence-corrected chi connectivity index (χ4v) is 2.82. The predicted octanol–water partition coefficient (Wildman–Crippen LogP) is 5.12. The number of ketones is 1. The van der Waals surface area contributed by atoms with Crippen molar-refractivity contribution >= 4 is 23.4 Å². The molecule has 1 unspecified atom stereocenters. The van der Waals surface area contributed by atoms with E-state index in [-0.39, 0.29) is 5.78 Å². The van der Waals surface area contributed by atoms with E-state index in [1.165, 1.54) is 35.8 Å². The van der Waals surface area contributed by atoms with Gasteiger partial charge in [-0.05, 0) is 58.8 Å². The number of carbonyl (C=O) groups excluding carboxylic acids is 2. The van der Waals surface area contributed by atoms with E-state index >= 15 is 0 Å². The lowest BCUT2D eigenvalue weighted by Crippen LogP contribution is -2.11. The molecular weight excluding hydrogens is 334 g/mol. The summed E-state index contributed by atoms with van der Waals surface area (Å²) >= 11 is 1.76. The first-order valence-electron chi connectivity index (χ1n) is 8.52. The Hall–Kier alpha value is -1.07. The van der Waals surface area contributed by atoms with Crippen molar-refractivity contribution in [1.82, 2.24) is 4.98 Å². The Morgan fingerprint density at radius 1 is 1.28 bits per heavy atom. The van der Waals surface area contributed by atoms with Crippen LogP contribution in [-0.4, -0.2) is 28.8 Å². The van der Waals surface area contributed by atoms with Gasteiger partial charge in [-0.1, -0.05) is 27.7 Å². The van der Waals surface area contributed by atoms with Crippen LogP contribution in [0.4, 0.5) is 0 Å². The number of aliphatic hydroxyl groups excluding tert-OH is 1. The molecule has 1 rings (SSSR count). The number of nitrogens with zero attached hydrogens (tertiary/aromatic N) is 1. The summed E-state index contributed by atoms with van der Waals surface area (Å²) in [7, 11) is 0. The Labute approximate surface area is 159 Å². The van der Waals surface area contributed by atoms with E-state index in [0.29, 0.717) is 24.2 Å². The quantitative estimate of drug-likeness (QED) is 0.747. The average Bonchev–Trinajstić information content (AvgIpc) is 2.65. The molecule has 1 atom stereocenters. The largest absolute Gasteiger partial charge is 0.396 e. The number of aldehydes is 1. The predicted molar refractivity (Wildman–Crippen MR) is 109 cm³/mol. The highest BCUT2D eigenvalue weighted by Crippen LogP contribution is 2.25. The Bertz CT molecular complexity index is 438. The molecule has 0 aliphatic heterocycles. The van der Waals surface area contributed by atoms with E-state index in [0.717, 1.165) is 6.42 Å². The third-order valence-electron chi connectivity index (χ3n) is 2.72. The first-order valence-corrected chi connectivity index (χ1v) is 9.33. The minimum Gasteiger partial charge on any atom is -0.396 e. The number of aryl methyl sites for hydroxylation is 3. The molecule has 1 heterocycles. The maximum Gasteiger partial charge on any atom is 0.126 e. The van der Waals surface area contributed by atoms with Crippen LogP contribution in [-0.2, 0) is 9.59 Å². The lowest BCUT2D eigenvalue weighted by molar-refractivity contribution is -0.115. The molecule has 0 fully saturated rings. The average molecular weight is 373 g/mol. The molecule has 0 aliphatic rings. The molecule has 1 N–H and O–H groups in total. The minimum atomic E-state index is 0.167. The molecule has 4 nitrogen and oxygen atoms in total. The van der Waals surface area contributed by atoms with E-state index in [1.54, 1.807) is 11.3 Å². The summed E-state index contributed by atoms with van der Waals surface area (Å²) in [6.07, 6.45) is 2.64. The van der Waals surface area contributed by atoms with Crippen molar-refractivity contribution in [2.45, 2.75) is 75.2 Å². The van der Waals surface area contributed by atoms with Crippen molar-refractivity contribution in [1.29, 1.82) is 0 Å². The summed E-state index contributed by atoms with van der Waals surface area (Å²) in [6, 6.07) is 0. The van der Waals surface area contributed by atoms with Gasteiger partial charge < -0.3 is 14.7 Å². The smallest absolute Gasteiger partial charge is 0.126 e. The molecule has 5 heteroatoms. The molecule has 0 saturated heterocycles. The van der Waals surface area contributed by atoms with Gasteiger partial charge in [0.05, 0.1) is 10.7 Å². The maximum absolute atomic E-state index is 9.44. The zero-order chi connectivity index (χ0) is 20.6. The Kier molecular flexibility index (Phi) is 18.8. The van der Waals surface area contributed by atoms with Gasteiger partial charge in [0.2, 0.25) is 0 Å². The van der Waals surface area contributed by atoms with Crippen molar-refractivity contribution < 1.29 is 14.7 Å². The van der Waals surface area contributed by atoms with Crippen LogP contribution in [0.25, 0.3) is 0 Å². The van der Waals surface area contributed by atoms with Crippen LogP contribution in [0.2, 0.25) is 0 Å². The Morgan fingerprint density at radius 2 is 1.68 bits per heavy atom. The van der Waals surface area contributed by atoms with Crippen LogP contribution >= 0.6 is 11.3 Å². The third kappa shape index (κ3) is 28.0. The lowest BCUT2D eigenvalue weighted by atomic mass is 9.84. The van der Waals surface area contributed by atoms with Gasteiger partial charge in [0, 0.05) is 18.4 Å². The monoisotopic (exact) mass is 372 g/mol. The molecule has 0 spiro atoms. The highest BCUT2D eigenvalue weighted by atomic mass is 32.1. The number of aromatic nitrogens is 1. The number of aliphatic hydroxyl groups is 1. The second-order valence-corrected chi connectivity index (χ2v) is 8.74. The van der Waals surface area contributed by atoms with Crippen LogP contribution in [0, 0.1) is 39.0 Å². The topological polar surface area (TPSA) is 67.3 Å². The summed E-state index contributed by atoms with van der Waals surface area (Å²) in [5.41, 5.74) is 1.58. The van der Waals surface area contributed by atoms with Crippen LogP contribution in [0.5, 0.6) is 0 Å². The molecule has 1 aromatic heterocycles. The van der Waals surface area contributed by atoms with Crippen molar-refractivity contribution in [3.63, 3.8) is 0 Å². The van der Waals surface area contributed by atoms with Crippen molar-refractivity contribution in [3.8, 4) is 0 Å². The summed E-state index contributed by atoms with van der Waals surface area (Å²) in [4.78, 5) is 23.7. The number of hydrogen-bond acceptors (Lipinski definition) is 5. The highest BCUT2D eigenvalue weighted by molar-refractivity contribution is 7.11. The van der Waals surface area contributed by atoms with Gasteiger partial charge in [0.25, 0.3) is 0 Å².